The Kier molecular flexibility index (Phi) is 7.52. The van der Waals surface area contributed by atoms with Gasteiger partial charge in [0.05, 0.1) is 38.9 Å². The van der Waals surface area contributed by atoms with E-state index in [1.165, 1.54) is 7.11 Å². The number of aliphatic hydroxyl groups excluding tert-OH is 1. The van der Waals surface area contributed by atoms with Gasteiger partial charge in [0.2, 0.25) is 5.89 Å². The van der Waals surface area contributed by atoms with Gasteiger partial charge in [-0.25, -0.2) is 0 Å². The van der Waals surface area contributed by atoms with Gasteiger partial charge in [-0.1, -0.05) is 47.6 Å². The number of benzene rings is 3. The minimum absolute atomic E-state index is 0.0803. The zero-order chi connectivity index (χ0) is 31.2. The summed E-state index contributed by atoms with van der Waals surface area (Å²) >= 11 is 0. The molecule has 12 nitrogen and oxygen atoms in total. The minimum atomic E-state index is -2.05. The molecule has 5 atom stereocenters. The number of hydrogen-bond acceptors (Lipinski definition) is 12. The molecule has 0 unspecified atom stereocenters. The summed E-state index contributed by atoms with van der Waals surface area (Å²) in [5.41, 5.74) is 3.89. The molecule has 12 heteroatoms. The number of fused-ring (bicyclic) bond motifs is 3. The van der Waals surface area contributed by atoms with Crippen LogP contribution in [0.4, 0.5) is 6.01 Å². The van der Waals surface area contributed by atoms with Crippen molar-refractivity contribution in [2.24, 2.45) is 0 Å². The molecule has 1 saturated carbocycles. The first-order valence-corrected chi connectivity index (χ1v) is 14.9. The fourth-order valence-electron chi connectivity index (χ4n) is 7.24. The fourth-order valence-corrected chi connectivity index (χ4v) is 7.24. The van der Waals surface area contributed by atoms with Gasteiger partial charge in [0.15, 0.2) is 11.2 Å². The largest absolute Gasteiger partial charge is 0.497 e. The fraction of sp³-hybridized carbons (Fsp3) is 0.394. The molecule has 0 bridgehead atoms. The number of aliphatic hydroxyl groups is 2. The molecule has 0 amide bonds. The monoisotopic (exact) mass is 616 g/mol. The molecule has 3 heterocycles. The molecule has 2 fully saturated rings. The van der Waals surface area contributed by atoms with Crippen molar-refractivity contribution in [3.8, 4) is 23.0 Å². The predicted octanol–water partition coefficient (Wildman–Crippen LogP) is 2.80. The number of nitrogen functional groups attached to an aromatic ring is 1. The Morgan fingerprint density at radius 3 is 2.40 bits per heavy atom. The number of ether oxygens (including phenoxy) is 5. The van der Waals surface area contributed by atoms with Gasteiger partial charge in [-0.2, -0.15) is 0 Å². The first kappa shape index (κ1) is 29.4. The average molecular weight is 617 g/mol. The van der Waals surface area contributed by atoms with Crippen LogP contribution >= 0.6 is 0 Å². The maximum absolute atomic E-state index is 13.1. The van der Waals surface area contributed by atoms with Crippen LogP contribution in [0.5, 0.6) is 23.0 Å². The Morgan fingerprint density at radius 2 is 1.73 bits per heavy atom. The number of nitrogens with two attached hydrogens (primary N) is 1. The molecule has 45 heavy (non-hydrogen) atoms. The van der Waals surface area contributed by atoms with Gasteiger partial charge in [0.1, 0.15) is 35.7 Å². The van der Waals surface area contributed by atoms with Gasteiger partial charge >= 0.3 is 6.01 Å². The highest BCUT2D eigenvalue weighted by Gasteiger charge is 2.78. The van der Waals surface area contributed by atoms with E-state index in [0.717, 1.165) is 25.2 Å². The van der Waals surface area contributed by atoms with Gasteiger partial charge in [-0.05, 0) is 23.3 Å². The van der Waals surface area contributed by atoms with E-state index < -0.39 is 29.1 Å². The third-order valence-corrected chi connectivity index (χ3v) is 9.24. The molecule has 0 spiro atoms. The van der Waals surface area contributed by atoms with E-state index in [1.54, 1.807) is 31.4 Å². The lowest BCUT2D eigenvalue weighted by Gasteiger charge is -2.40. The Bertz CT molecular complexity index is 1640. The van der Waals surface area contributed by atoms with Crippen molar-refractivity contribution < 1.29 is 38.3 Å². The highest BCUT2D eigenvalue weighted by molar-refractivity contribution is 5.63. The second-order valence-corrected chi connectivity index (χ2v) is 11.5. The first-order chi connectivity index (χ1) is 21.9. The van der Waals surface area contributed by atoms with Crippen molar-refractivity contribution in [1.82, 2.24) is 15.1 Å². The third kappa shape index (κ3) is 4.59. The lowest BCUT2D eigenvalue weighted by Crippen LogP contribution is -2.52. The molecule has 4 aromatic rings. The summed E-state index contributed by atoms with van der Waals surface area (Å²) in [5.74, 6) is 0.219. The quantitative estimate of drug-likeness (QED) is 0.253. The van der Waals surface area contributed by atoms with Crippen LogP contribution in [0.15, 0.2) is 71.1 Å². The van der Waals surface area contributed by atoms with Crippen LogP contribution in [0.3, 0.4) is 0 Å². The van der Waals surface area contributed by atoms with Crippen LogP contribution in [0.25, 0.3) is 0 Å². The summed E-state index contributed by atoms with van der Waals surface area (Å²) in [6.07, 6.45) is -1.49. The normalized spacial score (nSPS) is 27.4. The lowest BCUT2D eigenvalue weighted by atomic mass is 9.70. The van der Waals surface area contributed by atoms with Crippen LogP contribution in [0.1, 0.15) is 34.4 Å². The van der Waals surface area contributed by atoms with Gasteiger partial charge in [0, 0.05) is 37.7 Å². The molecule has 2 aliphatic heterocycles. The van der Waals surface area contributed by atoms with Crippen molar-refractivity contribution in [2.75, 3.05) is 59.4 Å². The maximum Gasteiger partial charge on any atom is 0.312 e. The van der Waals surface area contributed by atoms with Crippen molar-refractivity contribution in [2.45, 2.75) is 29.1 Å². The van der Waals surface area contributed by atoms with Gasteiger partial charge in [-0.15, -0.1) is 5.10 Å². The first-order valence-electron chi connectivity index (χ1n) is 14.9. The molecule has 1 aliphatic carbocycles. The van der Waals surface area contributed by atoms with Crippen molar-refractivity contribution in [3.63, 3.8) is 0 Å². The van der Waals surface area contributed by atoms with Gasteiger partial charge in [0.25, 0.3) is 0 Å². The maximum atomic E-state index is 13.1. The van der Waals surface area contributed by atoms with Crippen molar-refractivity contribution >= 4 is 6.01 Å². The predicted molar refractivity (Wildman–Crippen MR) is 162 cm³/mol. The number of aromatic nitrogens is 2. The summed E-state index contributed by atoms with van der Waals surface area (Å²) in [6.45, 7) is 4.27. The molecule has 3 aliphatic rings. The molecule has 3 aromatic carbocycles. The summed E-state index contributed by atoms with van der Waals surface area (Å²) < 4.78 is 35.7. The van der Waals surface area contributed by atoms with Crippen molar-refractivity contribution in [3.05, 3.63) is 89.3 Å². The van der Waals surface area contributed by atoms with Crippen LogP contribution < -0.4 is 24.7 Å². The van der Waals surface area contributed by atoms with E-state index in [4.69, 9.17) is 33.8 Å². The Labute approximate surface area is 260 Å². The molecule has 1 saturated heterocycles. The number of rotatable bonds is 9. The third-order valence-electron chi connectivity index (χ3n) is 9.24. The van der Waals surface area contributed by atoms with E-state index in [9.17, 15) is 10.2 Å². The van der Waals surface area contributed by atoms with E-state index in [-0.39, 0.29) is 11.9 Å². The van der Waals surface area contributed by atoms with Crippen molar-refractivity contribution in [1.29, 1.82) is 0 Å². The molecule has 1 aromatic heterocycles. The Morgan fingerprint density at radius 1 is 0.978 bits per heavy atom. The smallest absolute Gasteiger partial charge is 0.312 e. The second kappa shape index (κ2) is 11.5. The summed E-state index contributed by atoms with van der Waals surface area (Å²) in [4.78, 5) is 2.28. The minimum Gasteiger partial charge on any atom is -0.497 e. The molecular weight excluding hydrogens is 580 g/mol. The molecule has 236 valence electrons. The summed E-state index contributed by atoms with van der Waals surface area (Å²) in [6, 6.07) is 20.1. The van der Waals surface area contributed by atoms with E-state index in [1.807, 2.05) is 42.5 Å². The number of nitrogens with zero attached hydrogens (tertiary/aromatic N) is 3. The Hall–Kier alpha value is -4.36. The Balaban J connectivity index is 1.39. The molecular formula is C33H36N4O8. The summed E-state index contributed by atoms with van der Waals surface area (Å²) in [7, 11) is 3.09. The van der Waals surface area contributed by atoms with E-state index >= 15 is 0 Å². The standard InChI is InChI=1S/C33H36N4O8/c1-40-22-10-8-21(9-11-22)33-27(20-6-4-3-5-7-20)26(30-35-36-31(34)44-30)29(38)32(33,39)28-24(41-2)18-23(19-25(28)45-33)43-17-14-37-12-15-42-16-13-37/h3-11,18-19,26-27,29,38-39H,12-17H2,1-2H3,(H2,34,36)/t26-,27-,29-,32+,33+/m1/s1. The molecule has 7 rings (SSSR count). The highest BCUT2D eigenvalue weighted by Crippen LogP contribution is 2.72. The molecule has 0 radical (unpaired) electrons. The van der Waals surface area contributed by atoms with Gasteiger partial charge in [-0.3, -0.25) is 4.90 Å². The van der Waals surface area contributed by atoms with Crippen LogP contribution in [-0.2, 0) is 15.9 Å². The second-order valence-electron chi connectivity index (χ2n) is 11.5. The topological polar surface area (TPSA) is 155 Å². The number of hydrogen-bond donors (Lipinski definition) is 3. The van der Waals surface area contributed by atoms with E-state index in [0.29, 0.717) is 53.9 Å². The average Bonchev–Trinajstić information content (AvgIpc) is 3.68. The summed E-state index contributed by atoms with van der Waals surface area (Å²) in [5, 5.41) is 33.5. The zero-order valence-corrected chi connectivity index (χ0v) is 25.1. The van der Waals surface area contributed by atoms with E-state index in [2.05, 4.69) is 15.1 Å². The molecule has 4 N–H and O–H groups in total. The highest BCUT2D eigenvalue weighted by atomic mass is 16.5. The number of methoxy groups -OCH3 is 2. The van der Waals surface area contributed by atoms with Crippen LogP contribution in [0.2, 0.25) is 0 Å². The number of anilines is 1. The van der Waals surface area contributed by atoms with Gasteiger partial charge < -0.3 is 44.0 Å². The van der Waals surface area contributed by atoms with Crippen LogP contribution in [0, 0.1) is 0 Å². The lowest BCUT2D eigenvalue weighted by molar-refractivity contribution is -0.151. The SMILES string of the molecule is COc1ccc([C@@]23Oc4cc(OCCN5CCOCC5)cc(OC)c4[C@]2(O)[C@H](O)[C@H](c2nnc(N)o2)[C@H]3c2ccccc2)cc1. The number of morpholine rings is 1. The zero-order valence-electron chi connectivity index (χ0n) is 25.1. The van der Waals surface area contributed by atoms with Crippen LogP contribution in [-0.4, -0.2) is 85.1 Å².